The van der Waals surface area contributed by atoms with Crippen molar-refractivity contribution in [3.63, 3.8) is 0 Å². The van der Waals surface area contributed by atoms with Gasteiger partial charge in [0, 0.05) is 6.54 Å². The monoisotopic (exact) mass is 257 g/mol. The van der Waals surface area contributed by atoms with Gasteiger partial charge in [0.2, 0.25) is 0 Å². The number of fused-ring (bicyclic) bond motifs is 1. The fourth-order valence-corrected chi connectivity index (χ4v) is 3.34. The van der Waals surface area contributed by atoms with Gasteiger partial charge in [0.25, 0.3) is 11.7 Å². The molecule has 0 N–H and O–H groups in total. The third-order valence-corrected chi connectivity index (χ3v) is 4.36. The number of anilines is 1. The Labute approximate surface area is 113 Å². The van der Waals surface area contributed by atoms with Crippen LogP contribution in [0.15, 0.2) is 18.2 Å². The second-order valence-electron chi connectivity index (χ2n) is 5.72. The SMILES string of the molecule is Cc1cccc2c1N(CC1CCCCC1)C(=O)C2=O. The van der Waals surface area contributed by atoms with Crippen LogP contribution in [0, 0.1) is 12.8 Å². The molecule has 0 unspecified atom stereocenters. The lowest BCUT2D eigenvalue weighted by molar-refractivity contribution is -0.114. The lowest BCUT2D eigenvalue weighted by atomic mass is 9.89. The molecule has 3 heteroatoms. The molecule has 19 heavy (non-hydrogen) atoms. The minimum Gasteiger partial charge on any atom is -0.304 e. The van der Waals surface area contributed by atoms with E-state index in [0.717, 1.165) is 11.3 Å². The fourth-order valence-electron chi connectivity index (χ4n) is 3.34. The molecular weight excluding hydrogens is 238 g/mol. The van der Waals surface area contributed by atoms with E-state index < -0.39 is 0 Å². The molecule has 0 spiro atoms. The number of para-hydroxylation sites is 1. The van der Waals surface area contributed by atoms with Crippen LogP contribution in [-0.4, -0.2) is 18.2 Å². The summed E-state index contributed by atoms with van der Waals surface area (Å²) in [4.78, 5) is 25.9. The van der Waals surface area contributed by atoms with Gasteiger partial charge in [-0.05, 0) is 37.3 Å². The van der Waals surface area contributed by atoms with Crippen LogP contribution in [0.25, 0.3) is 0 Å². The van der Waals surface area contributed by atoms with Crippen LogP contribution < -0.4 is 4.90 Å². The molecule has 0 radical (unpaired) electrons. The molecule has 1 saturated carbocycles. The van der Waals surface area contributed by atoms with E-state index in [-0.39, 0.29) is 11.7 Å². The number of ketones is 1. The summed E-state index contributed by atoms with van der Waals surface area (Å²) in [5, 5.41) is 0. The van der Waals surface area contributed by atoms with Gasteiger partial charge >= 0.3 is 0 Å². The molecule has 1 heterocycles. The Morgan fingerprint density at radius 2 is 1.89 bits per heavy atom. The minimum atomic E-state index is -0.338. The maximum atomic E-state index is 12.2. The molecule has 1 fully saturated rings. The number of hydrogen-bond donors (Lipinski definition) is 0. The van der Waals surface area contributed by atoms with Gasteiger partial charge in [-0.2, -0.15) is 0 Å². The number of hydrogen-bond acceptors (Lipinski definition) is 2. The first kappa shape index (κ1) is 12.4. The van der Waals surface area contributed by atoms with Crippen LogP contribution in [0.1, 0.15) is 48.0 Å². The predicted molar refractivity (Wildman–Crippen MR) is 74.4 cm³/mol. The van der Waals surface area contributed by atoms with Gasteiger partial charge in [-0.15, -0.1) is 0 Å². The number of benzene rings is 1. The molecular formula is C16H19NO2. The fraction of sp³-hybridized carbons (Fsp3) is 0.500. The predicted octanol–water partition coefficient (Wildman–Crippen LogP) is 3.10. The van der Waals surface area contributed by atoms with Crippen molar-refractivity contribution in [3.8, 4) is 0 Å². The number of Topliss-reactive ketones (excluding diaryl/α,β-unsaturated/α-hetero) is 1. The number of aryl methyl sites for hydroxylation is 1. The number of rotatable bonds is 2. The Balaban J connectivity index is 1.90. The Kier molecular flexibility index (Phi) is 3.13. The van der Waals surface area contributed by atoms with Crippen molar-refractivity contribution in [3.05, 3.63) is 29.3 Å². The first-order valence-electron chi connectivity index (χ1n) is 7.14. The quantitative estimate of drug-likeness (QED) is 0.763. The lowest BCUT2D eigenvalue weighted by Crippen LogP contribution is -2.35. The van der Waals surface area contributed by atoms with E-state index in [1.807, 2.05) is 19.1 Å². The maximum absolute atomic E-state index is 12.2. The summed E-state index contributed by atoms with van der Waals surface area (Å²) in [6.45, 7) is 2.68. The third-order valence-electron chi connectivity index (χ3n) is 4.36. The summed E-state index contributed by atoms with van der Waals surface area (Å²) in [5.74, 6) is -0.125. The molecule has 0 saturated heterocycles. The molecule has 0 bridgehead atoms. The van der Waals surface area contributed by atoms with Crippen LogP contribution in [-0.2, 0) is 4.79 Å². The smallest absolute Gasteiger partial charge is 0.299 e. The molecule has 3 nitrogen and oxygen atoms in total. The van der Waals surface area contributed by atoms with Crippen LogP contribution in [0.4, 0.5) is 5.69 Å². The van der Waals surface area contributed by atoms with Crippen molar-refractivity contribution < 1.29 is 9.59 Å². The zero-order valence-corrected chi connectivity index (χ0v) is 11.3. The van der Waals surface area contributed by atoms with Gasteiger partial charge in [0.1, 0.15) is 0 Å². The van der Waals surface area contributed by atoms with E-state index >= 15 is 0 Å². The van der Waals surface area contributed by atoms with Crippen molar-refractivity contribution in [2.75, 3.05) is 11.4 Å². The topological polar surface area (TPSA) is 37.4 Å². The van der Waals surface area contributed by atoms with Gasteiger partial charge in [0.05, 0.1) is 11.3 Å². The van der Waals surface area contributed by atoms with Crippen molar-refractivity contribution in [1.29, 1.82) is 0 Å². The molecule has 1 aliphatic carbocycles. The Bertz CT molecular complexity index is 530. The summed E-state index contributed by atoms with van der Waals surface area (Å²) in [5.41, 5.74) is 2.45. The molecule has 1 amide bonds. The highest BCUT2D eigenvalue weighted by Gasteiger charge is 2.37. The number of amides is 1. The van der Waals surface area contributed by atoms with E-state index in [9.17, 15) is 9.59 Å². The van der Waals surface area contributed by atoms with Crippen LogP contribution in [0.3, 0.4) is 0 Å². The molecule has 1 aliphatic heterocycles. The van der Waals surface area contributed by atoms with Crippen molar-refractivity contribution in [2.45, 2.75) is 39.0 Å². The Morgan fingerprint density at radius 3 is 2.63 bits per heavy atom. The average molecular weight is 257 g/mol. The molecule has 3 rings (SSSR count). The highest BCUT2D eigenvalue weighted by atomic mass is 16.2. The normalized spacial score (nSPS) is 19.9. The molecule has 100 valence electrons. The average Bonchev–Trinajstić information content (AvgIpc) is 2.67. The molecule has 1 aromatic rings. The van der Waals surface area contributed by atoms with Crippen molar-refractivity contribution >= 4 is 17.4 Å². The summed E-state index contributed by atoms with van der Waals surface area (Å²) in [7, 11) is 0. The zero-order valence-electron chi connectivity index (χ0n) is 11.3. The van der Waals surface area contributed by atoms with Gasteiger partial charge < -0.3 is 4.90 Å². The molecule has 1 aromatic carbocycles. The molecule has 2 aliphatic rings. The van der Waals surface area contributed by atoms with Gasteiger partial charge in [-0.1, -0.05) is 31.4 Å². The highest BCUT2D eigenvalue weighted by molar-refractivity contribution is 6.52. The third kappa shape index (κ3) is 2.07. The van der Waals surface area contributed by atoms with E-state index in [2.05, 4.69) is 0 Å². The van der Waals surface area contributed by atoms with Gasteiger partial charge in [0.15, 0.2) is 0 Å². The standard InChI is InChI=1S/C16H19NO2/c1-11-6-5-9-13-14(11)17(16(19)15(13)18)10-12-7-3-2-4-8-12/h5-6,9,12H,2-4,7-8,10H2,1H3. The number of carbonyl (C=O) groups is 2. The summed E-state index contributed by atoms with van der Waals surface area (Å²) < 4.78 is 0. The summed E-state index contributed by atoms with van der Waals surface area (Å²) in [6.07, 6.45) is 6.17. The van der Waals surface area contributed by atoms with Crippen LogP contribution in [0.2, 0.25) is 0 Å². The maximum Gasteiger partial charge on any atom is 0.299 e. The molecule has 0 atom stereocenters. The number of nitrogens with zero attached hydrogens (tertiary/aromatic N) is 1. The first-order valence-corrected chi connectivity index (χ1v) is 7.14. The summed E-state index contributed by atoms with van der Waals surface area (Å²) >= 11 is 0. The zero-order chi connectivity index (χ0) is 13.4. The van der Waals surface area contributed by atoms with Gasteiger partial charge in [-0.25, -0.2) is 0 Å². The minimum absolute atomic E-state index is 0.338. The van der Waals surface area contributed by atoms with E-state index in [0.29, 0.717) is 18.0 Å². The largest absolute Gasteiger partial charge is 0.304 e. The van der Waals surface area contributed by atoms with Crippen LogP contribution in [0.5, 0.6) is 0 Å². The second-order valence-corrected chi connectivity index (χ2v) is 5.72. The molecule has 0 aromatic heterocycles. The lowest BCUT2D eigenvalue weighted by Gasteiger charge is -2.27. The van der Waals surface area contributed by atoms with Crippen molar-refractivity contribution in [1.82, 2.24) is 0 Å². The Morgan fingerprint density at radius 1 is 1.16 bits per heavy atom. The van der Waals surface area contributed by atoms with E-state index in [4.69, 9.17) is 0 Å². The Hall–Kier alpha value is -1.64. The first-order chi connectivity index (χ1) is 9.18. The van der Waals surface area contributed by atoms with Crippen molar-refractivity contribution in [2.24, 2.45) is 5.92 Å². The summed E-state index contributed by atoms with van der Waals surface area (Å²) in [6, 6.07) is 5.59. The van der Waals surface area contributed by atoms with E-state index in [1.165, 1.54) is 32.1 Å². The van der Waals surface area contributed by atoms with E-state index in [1.54, 1.807) is 11.0 Å². The second kappa shape index (κ2) is 4.80. The van der Waals surface area contributed by atoms with Crippen LogP contribution >= 0.6 is 0 Å². The number of carbonyl (C=O) groups excluding carboxylic acids is 2. The highest BCUT2D eigenvalue weighted by Crippen LogP contribution is 2.34. The van der Waals surface area contributed by atoms with Gasteiger partial charge in [-0.3, -0.25) is 9.59 Å².